The van der Waals surface area contributed by atoms with Crippen molar-refractivity contribution in [2.24, 2.45) is 5.92 Å². The molecule has 0 aliphatic heterocycles. The highest BCUT2D eigenvalue weighted by Gasteiger charge is 2.28. The van der Waals surface area contributed by atoms with E-state index < -0.39 is 0 Å². The molecule has 3 heterocycles. The lowest BCUT2D eigenvalue weighted by Gasteiger charge is -2.28. The van der Waals surface area contributed by atoms with E-state index in [4.69, 9.17) is 4.98 Å². The molecule has 0 spiro atoms. The molecule has 134 valence electrons. The van der Waals surface area contributed by atoms with Crippen LogP contribution >= 0.6 is 0 Å². The van der Waals surface area contributed by atoms with Crippen LogP contribution in [-0.4, -0.2) is 19.5 Å². The van der Waals surface area contributed by atoms with Gasteiger partial charge in [-0.05, 0) is 43.9 Å². The molecule has 1 aromatic carbocycles. The Hall–Kier alpha value is -3.20. The number of H-pyrrole nitrogens is 1. The molecule has 5 nitrogen and oxygen atoms in total. The molecule has 0 saturated heterocycles. The Balaban J connectivity index is 1.77. The number of nitrogens with one attached hydrogen (secondary N) is 1. The summed E-state index contributed by atoms with van der Waals surface area (Å²) in [5, 5.41) is 10.2. The number of nitriles is 1. The lowest BCUT2D eigenvalue weighted by molar-refractivity contribution is 0.320. The maximum absolute atomic E-state index is 14.6. The van der Waals surface area contributed by atoms with Gasteiger partial charge in [-0.2, -0.15) is 5.26 Å². The van der Waals surface area contributed by atoms with Crippen LogP contribution in [-0.2, 0) is 0 Å². The van der Waals surface area contributed by atoms with Crippen molar-refractivity contribution in [3.05, 3.63) is 48.5 Å². The topological polar surface area (TPSA) is 70.3 Å². The van der Waals surface area contributed by atoms with Gasteiger partial charge in [0.05, 0.1) is 23.3 Å². The van der Waals surface area contributed by atoms with E-state index in [2.05, 4.69) is 20.6 Å². The molecule has 0 atom stereocenters. The fraction of sp³-hybridized carbons (Fsp3) is 0.286. The molecular weight excluding hydrogens is 341 g/mol. The maximum Gasteiger partial charge on any atom is 0.144 e. The number of fused-ring (bicyclic) bond motifs is 3. The molecule has 27 heavy (non-hydrogen) atoms. The Labute approximate surface area is 155 Å². The van der Waals surface area contributed by atoms with Crippen molar-refractivity contribution in [3.63, 3.8) is 0 Å². The Morgan fingerprint density at radius 2 is 1.96 bits per heavy atom. The molecule has 6 heteroatoms. The Bertz CT molecular complexity index is 1170. The number of hydrogen-bond donors (Lipinski definition) is 1. The van der Waals surface area contributed by atoms with Gasteiger partial charge >= 0.3 is 0 Å². The maximum atomic E-state index is 14.6. The lowest BCUT2D eigenvalue weighted by atomic mass is 9.86. The minimum Gasteiger partial charge on any atom is -0.346 e. The number of rotatable bonds is 2. The van der Waals surface area contributed by atoms with Crippen LogP contribution in [0.1, 0.15) is 31.7 Å². The van der Waals surface area contributed by atoms with Gasteiger partial charge in [-0.3, -0.25) is 0 Å². The number of pyridine rings is 1. The first-order chi connectivity index (χ1) is 13.3. The third-order valence-corrected chi connectivity index (χ3v) is 5.59. The first-order valence-corrected chi connectivity index (χ1v) is 9.25. The minimum atomic E-state index is -0.280. The van der Waals surface area contributed by atoms with E-state index in [1.165, 1.54) is 6.07 Å². The largest absolute Gasteiger partial charge is 0.346 e. The molecule has 4 aromatic rings. The Morgan fingerprint density at radius 1 is 1.15 bits per heavy atom. The summed E-state index contributed by atoms with van der Waals surface area (Å²) in [5.41, 5.74) is 3.05. The molecule has 1 aliphatic carbocycles. The molecule has 1 fully saturated rings. The summed E-state index contributed by atoms with van der Waals surface area (Å²) < 4.78 is 16.8. The molecule has 1 aliphatic rings. The van der Waals surface area contributed by atoms with Gasteiger partial charge in [-0.25, -0.2) is 14.4 Å². The number of aromatic amines is 1. The normalized spacial score (nSPS) is 20.1. The van der Waals surface area contributed by atoms with Crippen molar-refractivity contribution in [2.75, 3.05) is 0 Å². The number of aromatic nitrogens is 4. The molecule has 0 amide bonds. The summed E-state index contributed by atoms with van der Waals surface area (Å²) in [7, 11) is 0. The van der Waals surface area contributed by atoms with E-state index in [1.807, 2.05) is 18.3 Å². The molecular formula is C21H18FN5. The van der Waals surface area contributed by atoms with Gasteiger partial charge in [0.1, 0.15) is 22.8 Å². The number of hydrogen-bond acceptors (Lipinski definition) is 3. The quantitative estimate of drug-likeness (QED) is 0.549. The summed E-state index contributed by atoms with van der Waals surface area (Å²) >= 11 is 0. The van der Waals surface area contributed by atoms with Crippen LogP contribution in [0.4, 0.5) is 4.39 Å². The molecule has 0 bridgehead atoms. The summed E-state index contributed by atoms with van der Waals surface area (Å²) in [5.74, 6) is 0.471. The highest BCUT2D eigenvalue weighted by molar-refractivity contribution is 6.02. The van der Waals surface area contributed by atoms with Gasteiger partial charge in [0.15, 0.2) is 0 Å². The van der Waals surface area contributed by atoms with Crippen LogP contribution in [0, 0.1) is 23.1 Å². The van der Waals surface area contributed by atoms with Gasteiger partial charge in [-0.1, -0.05) is 12.1 Å². The Morgan fingerprint density at radius 3 is 2.74 bits per heavy atom. The zero-order valence-electron chi connectivity index (χ0n) is 14.7. The second kappa shape index (κ2) is 6.20. The zero-order valence-corrected chi connectivity index (χ0v) is 14.7. The SMILES string of the molecule is N#CC1CCC(n2c(-c3ccccc3F)nc3cnc4[nH]ccc4c32)CC1. The first kappa shape index (κ1) is 16.0. The van der Waals surface area contributed by atoms with Crippen LogP contribution in [0.15, 0.2) is 42.7 Å². The van der Waals surface area contributed by atoms with Gasteiger partial charge in [0, 0.05) is 23.5 Å². The summed E-state index contributed by atoms with van der Waals surface area (Å²) in [4.78, 5) is 12.4. The van der Waals surface area contributed by atoms with Crippen molar-refractivity contribution in [1.82, 2.24) is 19.5 Å². The summed E-state index contributed by atoms with van der Waals surface area (Å²) in [6, 6.07) is 11.3. The zero-order chi connectivity index (χ0) is 18.4. The molecule has 0 unspecified atom stereocenters. The van der Waals surface area contributed by atoms with E-state index >= 15 is 0 Å². The fourth-order valence-corrected chi connectivity index (χ4v) is 4.24. The van der Waals surface area contributed by atoms with Crippen LogP contribution in [0.5, 0.6) is 0 Å². The van der Waals surface area contributed by atoms with E-state index in [1.54, 1.807) is 18.3 Å². The second-order valence-corrected chi connectivity index (χ2v) is 7.15. The van der Waals surface area contributed by atoms with Crippen LogP contribution in [0.3, 0.4) is 0 Å². The van der Waals surface area contributed by atoms with Gasteiger partial charge in [0.2, 0.25) is 0 Å². The number of imidazole rings is 1. The highest BCUT2D eigenvalue weighted by atomic mass is 19.1. The van der Waals surface area contributed by atoms with Crippen molar-refractivity contribution < 1.29 is 4.39 Å². The average Bonchev–Trinajstić information content (AvgIpc) is 3.32. The summed E-state index contributed by atoms with van der Waals surface area (Å²) in [6.45, 7) is 0. The number of halogens is 1. The van der Waals surface area contributed by atoms with Crippen molar-refractivity contribution in [1.29, 1.82) is 5.26 Å². The molecule has 5 rings (SSSR count). The lowest BCUT2D eigenvalue weighted by Crippen LogP contribution is -2.18. The minimum absolute atomic E-state index is 0.113. The van der Waals surface area contributed by atoms with E-state index in [9.17, 15) is 9.65 Å². The van der Waals surface area contributed by atoms with E-state index in [0.717, 1.165) is 47.8 Å². The Kier molecular flexibility index (Phi) is 3.68. The monoisotopic (exact) mass is 359 g/mol. The van der Waals surface area contributed by atoms with Crippen molar-refractivity contribution in [2.45, 2.75) is 31.7 Å². The van der Waals surface area contributed by atoms with Crippen molar-refractivity contribution >= 4 is 22.1 Å². The van der Waals surface area contributed by atoms with Crippen LogP contribution in [0.25, 0.3) is 33.5 Å². The van der Waals surface area contributed by atoms with Gasteiger partial charge in [-0.15, -0.1) is 0 Å². The number of nitrogens with zero attached hydrogens (tertiary/aromatic N) is 4. The third kappa shape index (κ3) is 2.50. The third-order valence-electron chi connectivity index (χ3n) is 5.59. The van der Waals surface area contributed by atoms with E-state index in [-0.39, 0.29) is 17.8 Å². The number of benzene rings is 1. The second-order valence-electron chi connectivity index (χ2n) is 7.15. The molecule has 0 radical (unpaired) electrons. The first-order valence-electron chi connectivity index (χ1n) is 9.25. The van der Waals surface area contributed by atoms with E-state index in [0.29, 0.717) is 11.4 Å². The van der Waals surface area contributed by atoms with Crippen LogP contribution in [0.2, 0.25) is 0 Å². The molecule has 1 N–H and O–H groups in total. The van der Waals surface area contributed by atoms with Gasteiger partial charge in [0.25, 0.3) is 0 Å². The predicted molar refractivity (Wildman–Crippen MR) is 101 cm³/mol. The van der Waals surface area contributed by atoms with Crippen LogP contribution < -0.4 is 0 Å². The molecule has 1 saturated carbocycles. The predicted octanol–water partition coefficient (Wildman–Crippen LogP) is 4.97. The average molecular weight is 359 g/mol. The smallest absolute Gasteiger partial charge is 0.144 e. The highest BCUT2D eigenvalue weighted by Crippen LogP contribution is 2.39. The summed E-state index contributed by atoms with van der Waals surface area (Å²) in [6.07, 6.45) is 7.11. The standard InChI is InChI=1S/C21H18FN5/c22-17-4-2-1-3-15(17)21-26-18-12-25-20-16(9-10-24-20)19(18)27(21)14-7-5-13(11-23)6-8-14/h1-4,9-10,12-14H,5-8H2,(H,24,25). The van der Waals surface area contributed by atoms with Gasteiger partial charge < -0.3 is 9.55 Å². The fourth-order valence-electron chi connectivity index (χ4n) is 4.24. The molecule has 3 aromatic heterocycles. The van der Waals surface area contributed by atoms with Crippen molar-refractivity contribution in [3.8, 4) is 17.5 Å².